The van der Waals surface area contributed by atoms with Crippen LogP contribution in [-0.2, 0) is 4.79 Å². The highest BCUT2D eigenvalue weighted by molar-refractivity contribution is 5.83. The summed E-state index contributed by atoms with van der Waals surface area (Å²) in [6, 6.07) is 0. The first kappa shape index (κ1) is 6.43. The molecule has 0 fully saturated rings. The summed E-state index contributed by atoms with van der Waals surface area (Å²) in [6.45, 7) is 1.31. The molecule has 0 spiro atoms. The number of amides is 1. The molecule has 3 heteroatoms. The first-order chi connectivity index (χ1) is 3.31. The fraction of sp³-hybridized carbons (Fsp3) is 0.500. The third-order valence-electron chi connectivity index (χ3n) is 0.515. The molecule has 0 aliphatic heterocycles. The van der Waals surface area contributed by atoms with Crippen LogP contribution in [0.2, 0.25) is 0 Å². The monoisotopic (exact) mass is 102 g/mol. The van der Waals surface area contributed by atoms with Gasteiger partial charge in [0.15, 0.2) is 0 Å². The van der Waals surface area contributed by atoms with E-state index in [4.69, 9.17) is 5.11 Å². The molecule has 2 N–H and O–H groups in total. The minimum absolute atomic E-state index is 0.248. The molecule has 0 saturated carbocycles. The van der Waals surface area contributed by atoms with E-state index in [-0.39, 0.29) is 12.6 Å². The van der Waals surface area contributed by atoms with Crippen molar-refractivity contribution in [1.29, 1.82) is 0 Å². The SMILES string of the molecule is C[CH]C(=O)NCO. The van der Waals surface area contributed by atoms with E-state index in [2.05, 4.69) is 5.32 Å². The summed E-state index contributed by atoms with van der Waals surface area (Å²) < 4.78 is 0. The molecule has 0 saturated heterocycles. The predicted octanol–water partition coefficient (Wildman–Crippen LogP) is -0.723. The maximum Gasteiger partial charge on any atom is 0.225 e. The molecule has 1 amide bonds. The molecule has 0 aromatic carbocycles. The van der Waals surface area contributed by atoms with Crippen molar-refractivity contribution in [3.63, 3.8) is 0 Å². The lowest BCUT2D eigenvalue weighted by atomic mass is 10.5. The molecule has 0 aromatic heterocycles. The van der Waals surface area contributed by atoms with Crippen molar-refractivity contribution < 1.29 is 9.90 Å². The number of hydrogen-bond acceptors (Lipinski definition) is 2. The van der Waals surface area contributed by atoms with E-state index >= 15 is 0 Å². The van der Waals surface area contributed by atoms with Crippen molar-refractivity contribution in [3.8, 4) is 0 Å². The van der Waals surface area contributed by atoms with Gasteiger partial charge in [-0.3, -0.25) is 4.79 Å². The largest absolute Gasteiger partial charge is 0.377 e. The van der Waals surface area contributed by atoms with Crippen LogP contribution in [-0.4, -0.2) is 17.7 Å². The maximum atomic E-state index is 10.1. The Bertz CT molecular complexity index is 62.7. The van der Waals surface area contributed by atoms with Crippen LogP contribution in [0.1, 0.15) is 6.92 Å². The van der Waals surface area contributed by atoms with Crippen molar-refractivity contribution in [3.05, 3.63) is 6.42 Å². The minimum atomic E-state index is -0.289. The van der Waals surface area contributed by atoms with E-state index in [1.54, 1.807) is 6.92 Å². The fourth-order valence-corrected chi connectivity index (χ4v) is 0.180. The van der Waals surface area contributed by atoms with E-state index in [0.29, 0.717) is 0 Å². The lowest BCUT2D eigenvalue weighted by Crippen LogP contribution is -2.22. The van der Waals surface area contributed by atoms with Crippen molar-refractivity contribution in [2.45, 2.75) is 6.92 Å². The standard InChI is InChI=1S/C4H8NO2/c1-2-4(7)5-3-6/h2,6H,3H2,1H3,(H,5,7). The Morgan fingerprint density at radius 1 is 2.00 bits per heavy atom. The first-order valence-electron chi connectivity index (χ1n) is 1.99. The van der Waals surface area contributed by atoms with Crippen molar-refractivity contribution in [2.75, 3.05) is 6.73 Å². The highest BCUT2D eigenvalue weighted by Crippen LogP contribution is 1.67. The van der Waals surface area contributed by atoms with Gasteiger partial charge in [0.05, 0.1) is 0 Å². The maximum absolute atomic E-state index is 10.1. The van der Waals surface area contributed by atoms with Gasteiger partial charge in [0.2, 0.25) is 5.91 Å². The van der Waals surface area contributed by atoms with Crippen LogP contribution in [0.25, 0.3) is 0 Å². The number of aliphatic hydroxyl groups excluding tert-OH is 1. The lowest BCUT2D eigenvalue weighted by Gasteiger charge is -1.92. The summed E-state index contributed by atoms with van der Waals surface area (Å²) in [7, 11) is 0. The molecule has 0 aromatic rings. The van der Waals surface area contributed by atoms with Crippen molar-refractivity contribution in [2.24, 2.45) is 0 Å². The van der Waals surface area contributed by atoms with Gasteiger partial charge in [0, 0.05) is 6.42 Å². The molecular formula is C4H8NO2. The molecule has 0 atom stereocenters. The zero-order valence-electron chi connectivity index (χ0n) is 4.14. The number of hydrogen-bond donors (Lipinski definition) is 2. The van der Waals surface area contributed by atoms with E-state index < -0.39 is 0 Å². The van der Waals surface area contributed by atoms with Crippen LogP contribution in [0.4, 0.5) is 0 Å². The van der Waals surface area contributed by atoms with Crippen LogP contribution in [0.3, 0.4) is 0 Å². The summed E-state index contributed by atoms with van der Waals surface area (Å²) in [5.74, 6) is -0.248. The van der Waals surface area contributed by atoms with Crippen LogP contribution in [0, 0.1) is 6.42 Å². The molecule has 0 aliphatic rings. The third-order valence-corrected chi connectivity index (χ3v) is 0.515. The number of rotatable bonds is 2. The Morgan fingerprint density at radius 2 is 2.57 bits per heavy atom. The Morgan fingerprint density at radius 3 is 2.71 bits per heavy atom. The first-order valence-corrected chi connectivity index (χ1v) is 1.99. The third kappa shape index (κ3) is 3.26. The molecule has 7 heavy (non-hydrogen) atoms. The van der Waals surface area contributed by atoms with Gasteiger partial charge in [-0.15, -0.1) is 0 Å². The molecule has 0 bridgehead atoms. The van der Waals surface area contributed by atoms with Gasteiger partial charge < -0.3 is 10.4 Å². The smallest absolute Gasteiger partial charge is 0.225 e. The van der Waals surface area contributed by atoms with Gasteiger partial charge in [-0.1, -0.05) is 6.92 Å². The Hall–Kier alpha value is -0.570. The number of nitrogens with one attached hydrogen (secondary N) is 1. The van der Waals surface area contributed by atoms with E-state index in [9.17, 15) is 4.79 Å². The van der Waals surface area contributed by atoms with E-state index in [1.807, 2.05) is 0 Å². The van der Waals surface area contributed by atoms with Gasteiger partial charge in [-0.25, -0.2) is 0 Å². The van der Waals surface area contributed by atoms with Crippen LogP contribution >= 0.6 is 0 Å². The average molecular weight is 102 g/mol. The molecular weight excluding hydrogens is 94.0 g/mol. The van der Waals surface area contributed by atoms with Crippen LogP contribution in [0.5, 0.6) is 0 Å². The second-order valence-electron chi connectivity index (χ2n) is 0.988. The molecule has 41 valence electrons. The summed E-state index contributed by atoms with van der Waals surface area (Å²) in [5, 5.41) is 10.2. The average Bonchev–Trinajstić information content (AvgIpc) is 1.68. The number of carbonyl (C=O) groups is 1. The molecule has 0 rings (SSSR count). The predicted molar refractivity (Wildman–Crippen MR) is 25.2 cm³/mol. The Balaban J connectivity index is 3.00. The van der Waals surface area contributed by atoms with Crippen LogP contribution in [0.15, 0.2) is 0 Å². The normalized spacial score (nSPS) is 8.29. The van der Waals surface area contributed by atoms with E-state index in [1.165, 1.54) is 6.42 Å². The summed E-state index contributed by atoms with van der Waals surface area (Å²) in [5.41, 5.74) is 0. The summed E-state index contributed by atoms with van der Waals surface area (Å²) >= 11 is 0. The fourth-order valence-electron chi connectivity index (χ4n) is 0.180. The topological polar surface area (TPSA) is 49.3 Å². The van der Waals surface area contributed by atoms with Gasteiger partial charge in [-0.05, 0) is 0 Å². The minimum Gasteiger partial charge on any atom is -0.377 e. The zero-order chi connectivity index (χ0) is 5.70. The highest BCUT2D eigenvalue weighted by Gasteiger charge is 1.89. The van der Waals surface area contributed by atoms with Crippen molar-refractivity contribution in [1.82, 2.24) is 5.32 Å². The molecule has 0 unspecified atom stereocenters. The molecule has 0 heterocycles. The van der Waals surface area contributed by atoms with Gasteiger partial charge in [-0.2, -0.15) is 0 Å². The molecule has 3 nitrogen and oxygen atoms in total. The quantitative estimate of drug-likeness (QED) is 0.452. The van der Waals surface area contributed by atoms with Crippen molar-refractivity contribution >= 4 is 5.91 Å². The summed E-state index contributed by atoms with van der Waals surface area (Å²) in [6.07, 6.45) is 1.34. The highest BCUT2D eigenvalue weighted by atomic mass is 16.3. The van der Waals surface area contributed by atoms with Crippen LogP contribution < -0.4 is 5.32 Å². The van der Waals surface area contributed by atoms with Gasteiger partial charge in [0.25, 0.3) is 0 Å². The molecule has 0 aliphatic carbocycles. The lowest BCUT2D eigenvalue weighted by molar-refractivity contribution is -0.118. The zero-order valence-corrected chi connectivity index (χ0v) is 4.14. The van der Waals surface area contributed by atoms with Gasteiger partial charge in [0.1, 0.15) is 6.73 Å². The Kier molecular flexibility index (Phi) is 3.32. The summed E-state index contributed by atoms with van der Waals surface area (Å²) in [4.78, 5) is 10.1. The number of carbonyl (C=O) groups excluding carboxylic acids is 1. The van der Waals surface area contributed by atoms with Gasteiger partial charge >= 0.3 is 0 Å². The second-order valence-corrected chi connectivity index (χ2v) is 0.988. The number of aliphatic hydroxyl groups is 1. The molecule has 1 radical (unpaired) electrons. The Labute approximate surface area is 42.3 Å². The van der Waals surface area contributed by atoms with E-state index in [0.717, 1.165) is 0 Å². The second kappa shape index (κ2) is 3.61.